The van der Waals surface area contributed by atoms with Gasteiger partial charge in [-0.05, 0) is 18.2 Å². The van der Waals surface area contributed by atoms with Gasteiger partial charge in [-0.3, -0.25) is 0 Å². The molecule has 0 saturated carbocycles. The van der Waals surface area contributed by atoms with Crippen LogP contribution in [-0.2, 0) is 0 Å². The van der Waals surface area contributed by atoms with Gasteiger partial charge in [-0.25, -0.2) is 9.97 Å². The number of nitrogens with zero attached hydrogens (tertiary/aromatic N) is 2. The van der Waals surface area contributed by atoms with E-state index in [1.165, 1.54) is 6.33 Å². The number of rotatable bonds is 4. The van der Waals surface area contributed by atoms with Crippen molar-refractivity contribution in [3.63, 3.8) is 0 Å². The smallest absolute Gasteiger partial charge is 0.204 e. The van der Waals surface area contributed by atoms with Crippen LogP contribution in [0.15, 0.2) is 30.6 Å². The third-order valence-corrected chi connectivity index (χ3v) is 2.57. The standard InChI is InChI=1S/C12H13ClN4O/c1-14-11-10(18-2)12(16-7-15-11)17-9-5-3-4-8(13)6-9/h3-7H,1-2H3,(H2,14,15,16,17). The average molecular weight is 265 g/mol. The number of hydrogen-bond donors (Lipinski definition) is 2. The second-order valence-electron chi connectivity index (χ2n) is 3.49. The fourth-order valence-electron chi connectivity index (χ4n) is 1.54. The van der Waals surface area contributed by atoms with Gasteiger partial charge in [-0.2, -0.15) is 0 Å². The van der Waals surface area contributed by atoms with E-state index >= 15 is 0 Å². The van der Waals surface area contributed by atoms with Crippen molar-refractivity contribution in [3.05, 3.63) is 35.6 Å². The van der Waals surface area contributed by atoms with Gasteiger partial charge in [0.2, 0.25) is 5.75 Å². The maximum Gasteiger partial charge on any atom is 0.204 e. The molecule has 2 N–H and O–H groups in total. The molecular formula is C12H13ClN4O. The summed E-state index contributed by atoms with van der Waals surface area (Å²) in [5, 5.41) is 6.73. The highest BCUT2D eigenvalue weighted by molar-refractivity contribution is 6.30. The Hall–Kier alpha value is -2.01. The van der Waals surface area contributed by atoms with E-state index in [4.69, 9.17) is 16.3 Å². The Balaban J connectivity index is 2.34. The summed E-state index contributed by atoms with van der Waals surface area (Å²) < 4.78 is 5.29. The lowest BCUT2D eigenvalue weighted by atomic mass is 10.3. The quantitative estimate of drug-likeness (QED) is 0.889. The third-order valence-electron chi connectivity index (χ3n) is 2.33. The molecule has 18 heavy (non-hydrogen) atoms. The van der Waals surface area contributed by atoms with Gasteiger partial charge < -0.3 is 15.4 Å². The van der Waals surface area contributed by atoms with Crippen LogP contribution in [0.5, 0.6) is 5.75 Å². The SMILES string of the molecule is CNc1ncnc(Nc2cccc(Cl)c2)c1OC. The van der Waals surface area contributed by atoms with Crippen LogP contribution in [0.25, 0.3) is 0 Å². The summed E-state index contributed by atoms with van der Waals surface area (Å²) in [5.41, 5.74) is 0.835. The van der Waals surface area contributed by atoms with Crippen LogP contribution in [0.1, 0.15) is 0 Å². The van der Waals surface area contributed by atoms with Crippen LogP contribution in [0, 0.1) is 0 Å². The summed E-state index contributed by atoms with van der Waals surface area (Å²) in [5.74, 6) is 1.76. The van der Waals surface area contributed by atoms with Gasteiger partial charge in [0, 0.05) is 17.8 Å². The summed E-state index contributed by atoms with van der Waals surface area (Å²) in [6.07, 6.45) is 1.46. The minimum absolute atomic E-state index is 0.556. The highest BCUT2D eigenvalue weighted by Crippen LogP contribution is 2.31. The second-order valence-corrected chi connectivity index (χ2v) is 3.93. The first-order chi connectivity index (χ1) is 8.74. The highest BCUT2D eigenvalue weighted by Gasteiger charge is 2.10. The molecule has 0 amide bonds. The first-order valence-corrected chi connectivity index (χ1v) is 5.71. The van der Waals surface area contributed by atoms with Crippen LogP contribution in [0.3, 0.4) is 0 Å². The molecule has 0 aliphatic heterocycles. The van der Waals surface area contributed by atoms with E-state index in [1.54, 1.807) is 14.2 Å². The number of nitrogens with one attached hydrogen (secondary N) is 2. The molecular weight excluding hydrogens is 252 g/mol. The number of ether oxygens (including phenoxy) is 1. The Bertz CT molecular complexity index is 547. The minimum atomic E-state index is 0.556. The van der Waals surface area contributed by atoms with Gasteiger partial charge >= 0.3 is 0 Å². The lowest BCUT2D eigenvalue weighted by Gasteiger charge is -2.12. The van der Waals surface area contributed by atoms with Gasteiger partial charge in [0.25, 0.3) is 0 Å². The Labute approximate surface area is 110 Å². The third kappa shape index (κ3) is 2.62. The van der Waals surface area contributed by atoms with Crippen molar-refractivity contribution in [2.75, 3.05) is 24.8 Å². The molecule has 0 unspecified atom stereocenters. The van der Waals surface area contributed by atoms with Crippen molar-refractivity contribution >= 4 is 28.9 Å². The van der Waals surface area contributed by atoms with E-state index in [9.17, 15) is 0 Å². The molecule has 2 rings (SSSR count). The van der Waals surface area contributed by atoms with Crippen LogP contribution in [-0.4, -0.2) is 24.1 Å². The first-order valence-electron chi connectivity index (χ1n) is 5.34. The van der Waals surface area contributed by atoms with Gasteiger partial charge in [-0.1, -0.05) is 17.7 Å². The molecule has 6 heteroatoms. The maximum absolute atomic E-state index is 5.93. The largest absolute Gasteiger partial charge is 0.490 e. The van der Waals surface area contributed by atoms with E-state index in [1.807, 2.05) is 24.3 Å². The van der Waals surface area contributed by atoms with Crippen molar-refractivity contribution in [2.24, 2.45) is 0 Å². The molecule has 0 spiro atoms. The number of halogens is 1. The van der Waals surface area contributed by atoms with Crippen LogP contribution in [0.4, 0.5) is 17.3 Å². The monoisotopic (exact) mass is 264 g/mol. The van der Waals surface area contributed by atoms with Crippen LogP contribution >= 0.6 is 11.6 Å². The lowest BCUT2D eigenvalue weighted by molar-refractivity contribution is 0.415. The molecule has 94 valence electrons. The first kappa shape index (κ1) is 12.4. The van der Waals surface area contributed by atoms with Crippen molar-refractivity contribution in [3.8, 4) is 5.75 Å². The number of benzene rings is 1. The fourth-order valence-corrected chi connectivity index (χ4v) is 1.73. The van der Waals surface area contributed by atoms with E-state index in [0.29, 0.717) is 22.4 Å². The number of hydrogen-bond acceptors (Lipinski definition) is 5. The Morgan fingerprint density at radius 1 is 1.22 bits per heavy atom. The summed E-state index contributed by atoms with van der Waals surface area (Å²) in [7, 11) is 3.34. The normalized spacial score (nSPS) is 9.94. The molecule has 2 aromatic rings. The van der Waals surface area contributed by atoms with Crippen molar-refractivity contribution in [1.29, 1.82) is 0 Å². The fraction of sp³-hybridized carbons (Fsp3) is 0.167. The molecule has 1 aromatic heterocycles. The Morgan fingerprint density at radius 2 is 2.00 bits per heavy atom. The maximum atomic E-state index is 5.93. The van der Waals surface area contributed by atoms with E-state index in [0.717, 1.165) is 5.69 Å². The Morgan fingerprint density at radius 3 is 2.67 bits per heavy atom. The molecule has 0 aliphatic rings. The van der Waals surface area contributed by atoms with Crippen LogP contribution in [0.2, 0.25) is 5.02 Å². The van der Waals surface area contributed by atoms with E-state index in [-0.39, 0.29) is 0 Å². The summed E-state index contributed by atoms with van der Waals surface area (Å²) in [4.78, 5) is 8.23. The summed E-state index contributed by atoms with van der Waals surface area (Å²) in [6, 6.07) is 7.37. The molecule has 0 saturated heterocycles. The van der Waals surface area contributed by atoms with Crippen LogP contribution < -0.4 is 15.4 Å². The van der Waals surface area contributed by atoms with Crippen molar-refractivity contribution < 1.29 is 4.74 Å². The number of methoxy groups -OCH3 is 1. The van der Waals surface area contributed by atoms with E-state index < -0.39 is 0 Å². The molecule has 1 aromatic carbocycles. The summed E-state index contributed by atoms with van der Waals surface area (Å²) in [6.45, 7) is 0. The van der Waals surface area contributed by atoms with Crippen molar-refractivity contribution in [2.45, 2.75) is 0 Å². The molecule has 0 fully saturated rings. The number of anilines is 3. The molecule has 0 atom stereocenters. The predicted molar refractivity (Wildman–Crippen MR) is 72.9 cm³/mol. The topological polar surface area (TPSA) is 59.1 Å². The number of aromatic nitrogens is 2. The highest BCUT2D eigenvalue weighted by atomic mass is 35.5. The lowest BCUT2D eigenvalue weighted by Crippen LogP contribution is -2.03. The predicted octanol–water partition coefficient (Wildman–Crippen LogP) is 2.92. The zero-order valence-electron chi connectivity index (χ0n) is 10.1. The van der Waals surface area contributed by atoms with Gasteiger partial charge in [0.05, 0.1) is 7.11 Å². The van der Waals surface area contributed by atoms with Gasteiger partial charge in [0.1, 0.15) is 6.33 Å². The second kappa shape index (κ2) is 5.55. The Kier molecular flexibility index (Phi) is 3.84. The molecule has 1 heterocycles. The molecule has 0 bridgehead atoms. The zero-order valence-corrected chi connectivity index (χ0v) is 10.8. The molecule has 0 aliphatic carbocycles. The zero-order chi connectivity index (χ0) is 13.0. The molecule has 5 nitrogen and oxygen atoms in total. The summed E-state index contributed by atoms with van der Waals surface area (Å²) >= 11 is 5.93. The average Bonchev–Trinajstić information content (AvgIpc) is 2.38. The van der Waals surface area contributed by atoms with E-state index in [2.05, 4.69) is 20.6 Å². The minimum Gasteiger partial charge on any atom is -0.490 e. The van der Waals surface area contributed by atoms with Crippen molar-refractivity contribution in [1.82, 2.24) is 9.97 Å². The van der Waals surface area contributed by atoms with Gasteiger partial charge in [-0.15, -0.1) is 0 Å². The van der Waals surface area contributed by atoms with Gasteiger partial charge in [0.15, 0.2) is 11.6 Å². The molecule has 0 radical (unpaired) electrons.